The number of hydrogen-bond donors (Lipinski definition) is 2. The van der Waals surface area contributed by atoms with Crippen molar-refractivity contribution in [3.8, 4) is 17.0 Å². The van der Waals surface area contributed by atoms with Crippen LogP contribution >= 0.6 is 23.8 Å². The van der Waals surface area contributed by atoms with Crippen molar-refractivity contribution < 1.29 is 9.84 Å². The van der Waals surface area contributed by atoms with Gasteiger partial charge in [-0.25, -0.2) is 0 Å². The molecule has 7 heteroatoms. The van der Waals surface area contributed by atoms with Crippen molar-refractivity contribution in [2.75, 3.05) is 13.7 Å². The molecular formula is C14H15ClN2O3S. The van der Waals surface area contributed by atoms with Crippen LogP contribution in [0.15, 0.2) is 29.1 Å². The molecule has 112 valence electrons. The number of nitrogens with zero attached hydrogens (tertiary/aromatic N) is 1. The summed E-state index contributed by atoms with van der Waals surface area (Å²) in [5.74, 6) is 0.595. The van der Waals surface area contributed by atoms with Crippen LogP contribution in [0, 0.1) is 4.77 Å². The molecule has 1 aromatic heterocycles. The number of nitrogens with one attached hydrogen (secondary N) is 1. The Kier molecular flexibility index (Phi) is 5.17. The maximum Gasteiger partial charge on any atom is 0.252 e. The molecule has 2 aromatic rings. The summed E-state index contributed by atoms with van der Waals surface area (Å²) in [7, 11) is 1.55. The highest BCUT2D eigenvalue weighted by Crippen LogP contribution is 2.32. The van der Waals surface area contributed by atoms with Crippen molar-refractivity contribution in [2.45, 2.75) is 13.0 Å². The van der Waals surface area contributed by atoms with E-state index in [-0.39, 0.29) is 12.2 Å². The predicted octanol–water partition coefficient (Wildman–Crippen LogP) is 2.62. The van der Waals surface area contributed by atoms with Crippen LogP contribution in [0.4, 0.5) is 0 Å². The van der Waals surface area contributed by atoms with E-state index in [0.29, 0.717) is 39.8 Å². The Bertz CT molecular complexity index is 755. The molecule has 0 aliphatic carbocycles. The van der Waals surface area contributed by atoms with Crippen molar-refractivity contribution >= 4 is 23.8 Å². The minimum Gasteiger partial charge on any atom is -0.496 e. The number of hydrogen-bond acceptors (Lipinski definition) is 4. The molecule has 0 bridgehead atoms. The van der Waals surface area contributed by atoms with Crippen molar-refractivity contribution in [2.24, 2.45) is 0 Å². The van der Waals surface area contributed by atoms with Crippen molar-refractivity contribution in [1.29, 1.82) is 0 Å². The Labute approximate surface area is 131 Å². The highest BCUT2D eigenvalue weighted by molar-refractivity contribution is 7.71. The monoisotopic (exact) mass is 326 g/mol. The van der Waals surface area contributed by atoms with Crippen LogP contribution in [-0.2, 0) is 6.54 Å². The van der Waals surface area contributed by atoms with E-state index in [9.17, 15) is 4.79 Å². The lowest BCUT2D eigenvalue weighted by atomic mass is 10.1. The van der Waals surface area contributed by atoms with Crippen LogP contribution in [0.5, 0.6) is 5.75 Å². The van der Waals surface area contributed by atoms with E-state index in [1.165, 1.54) is 6.07 Å². The van der Waals surface area contributed by atoms with Gasteiger partial charge in [0.15, 0.2) is 4.77 Å². The average molecular weight is 327 g/mol. The fraction of sp³-hybridized carbons (Fsp3) is 0.286. The molecule has 0 fully saturated rings. The smallest absolute Gasteiger partial charge is 0.252 e. The molecule has 0 unspecified atom stereocenters. The van der Waals surface area contributed by atoms with E-state index in [4.69, 9.17) is 33.7 Å². The average Bonchev–Trinajstić information content (AvgIpc) is 2.45. The maximum atomic E-state index is 11.7. The lowest BCUT2D eigenvalue weighted by Crippen LogP contribution is -2.15. The van der Waals surface area contributed by atoms with E-state index < -0.39 is 0 Å². The van der Waals surface area contributed by atoms with Gasteiger partial charge in [-0.1, -0.05) is 11.6 Å². The third-order valence-corrected chi connectivity index (χ3v) is 3.57. The van der Waals surface area contributed by atoms with Gasteiger partial charge in [0, 0.05) is 29.8 Å². The number of aromatic amines is 1. The first-order chi connectivity index (χ1) is 10.1. The summed E-state index contributed by atoms with van der Waals surface area (Å²) in [5, 5.41) is 9.55. The first-order valence-electron chi connectivity index (χ1n) is 6.35. The van der Waals surface area contributed by atoms with Crippen LogP contribution in [0.2, 0.25) is 5.02 Å². The number of methoxy groups -OCH3 is 1. The van der Waals surface area contributed by atoms with E-state index in [1.54, 1.807) is 29.9 Å². The van der Waals surface area contributed by atoms with Crippen molar-refractivity contribution in [3.05, 3.63) is 44.4 Å². The Hall–Kier alpha value is -1.63. The van der Waals surface area contributed by atoms with Gasteiger partial charge in [-0.2, -0.15) is 0 Å². The summed E-state index contributed by atoms with van der Waals surface area (Å²) >= 11 is 11.2. The number of halogens is 1. The van der Waals surface area contributed by atoms with E-state index in [1.807, 2.05) is 0 Å². The summed E-state index contributed by atoms with van der Waals surface area (Å²) < 4.78 is 7.38. The molecule has 0 aliphatic heterocycles. The van der Waals surface area contributed by atoms with Gasteiger partial charge in [-0.15, -0.1) is 0 Å². The Morgan fingerprint density at radius 1 is 1.43 bits per heavy atom. The van der Waals surface area contributed by atoms with Crippen molar-refractivity contribution in [3.63, 3.8) is 0 Å². The first kappa shape index (κ1) is 15.8. The Balaban J connectivity index is 2.70. The van der Waals surface area contributed by atoms with Crippen LogP contribution in [0.3, 0.4) is 0 Å². The fourth-order valence-corrected chi connectivity index (χ4v) is 2.54. The number of aromatic nitrogens is 2. The summed E-state index contributed by atoms with van der Waals surface area (Å²) in [6.07, 6.45) is 0.524. The third kappa shape index (κ3) is 3.53. The lowest BCUT2D eigenvalue weighted by Gasteiger charge is -2.15. The van der Waals surface area contributed by atoms with E-state index >= 15 is 0 Å². The highest BCUT2D eigenvalue weighted by Gasteiger charge is 2.12. The van der Waals surface area contributed by atoms with Crippen LogP contribution in [-0.4, -0.2) is 28.4 Å². The minimum atomic E-state index is -0.294. The normalized spacial score (nSPS) is 10.6. The second kappa shape index (κ2) is 6.89. The molecule has 0 saturated heterocycles. The molecule has 5 nitrogen and oxygen atoms in total. The molecule has 2 N–H and O–H groups in total. The minimum absolute atomic E-state index is 0.0347. The maximum absolute atomic E-state index is 11.7. The molecular weight excluding hydrogens is 312 g/mol. The van der Waals surface area contributed by atoms with Gasteiger partial charge in [0.25, 0.3) is 5.56 Å². The van der Waals surface area contributed by atoms with Gasteiger partial charge >= 0.3 is 0 Å². The molecule has 0 saturated carbocycles. The molecule has 1 aromatic carbocycles. The zero-order chi connectivity index (χ0) is 15.4. The second-order valence-electron chi connectivity index (χ2n) is 4.40. The van der Waals surface area contributed by atoms with Gasteiger partial charge in [0.2, 0.25) is 0 Å². The topological polar surface area (TPSA) is 67.2 Å². The summed E-state index contributed by atoms with van der Waals surface area (Å²) in [6, 6.07) is 6.61. The number of ether oxygens (including phenoxy) is 1. The molecule has 0 aliphatic rings. The third-order valence-electron chi connectivity index (χ3n) is 3.01. The Morgan fingerprint density at radius 2 is 2.19 bits per heavy atom. The SMILES string of the molecule is COc1ccc(Cl)cc1-c1cc(=O)[nH]c(=S)n1CCCO. The van der Waals surface area contributed by atoms with Gasteiger partial charge in [-0.3, -0.25) is 9.78 Å². The predicted molar refractivity (Wildman–Crippen MR) is 84.6 cm³/mol. The second-order valence-corrected chi connectivity index (χ2v) is 5.22. The van der Waals surface area contributed by atoms with Crippen LogP contribution in [0.1, 0.15) is 6.42 Å². The quantitative estimate of drug-likeness (QED) is 0.829. The Morgan fingerprint density at radius 3 is 2.86 bits per heavy atom. The largest absolute Gasteiger partial charge is 0.496 e. The number of aliphatic hydroxyl groups is 1. The summed E-state index contributed by atoms with van der Waals surface area (Å²) in [6.45, 7) is 0.518. The summed E-state index contributed by atoms with van der Waals surface area (Å²) in [5.41, 5.74) is 0.994. The standard InChI is InChI=1S/C14H15ClN2O3S/c1-20-12-4-3-9(15)7-10(12)11-8-13(19)16-14(21)17(11)5-2-6-18/h3-4,7-8,18H,2,5-6H2,1H3,(H,16,19,21). The number of H-pyrrole nitrogens is 1. The van der Waals surface area contributed by atoms with E-state index in [0.717, 1.165) is 0 Å². The zero-order valence-electron chi connectivity index (χ0n) is 11.4. The van der Waals surface area contributed by atoms with E-state index in [2.05, 4.69) is 4.98 Å². The van der Waals surface area contributed by atoms with Gasteiger partial charge in [-0.05, 0) is 36.8 Å². The molecule has 0 radical (unpaired) electrons. The number of benzene rings is 1. The first-order valence-corrected chi connectivity index (χ1v) is 7.14. The molecule has 0 spiro atoms. The fourth-order valence-electron chi connectivity index (χ4n) is 2.07. The number of rotatable bonds is 5. The molecule has 0 atom stereocenters. The molecule has 21 heavy (non-hydrogen) atoms. The number of aliphatic hydroxyl groups excluding tert-OH is 1. The molecule has 0 amide bonds. The summed E-state index contributed by atoms with van der Waals surface area (Å²) in [4.78, 5) is 14.3. The van der Waals surface area contributed by atoms with Crippen molar-refractivity contribution in [1.82, 2.24) is 9.55 Å². The zero-order valence-corrected chi connectivity index (χ0v) is 13.0. The lowest BCUT2D eigenvalue weighted by molar-refractivity contribution is 0.279. The molecule has 2 rings (SSSR count). The van der Waals surface area contributed by atoms with Gasteiger partial charge in [0.1, 0.15) is 5.75 Å². The van der Waals surface area contributed by atoms with Crippen LogP contribution in [0.25, 0.3) is 11.3 Å². The highest BCUT2D eigenvalue weighted by atomic mass is 35.5. The molecule has 1 heterocycles. The van der Waals surface area contributed by atoms with Gasteiger partial charge < -0.3 is 14.4 Å². The van der Waals surface area contributed by atoms with Gasteiger partial charge in [0.05, 0.1) is 12.8 Å². The van der Waals surface area contributed by atoms with Crippen LogP contribution < -0.4 is 10.3 Å².